The van der Waals surface area contributed by atoms with Crippen molar-refractivity contribution < 1.29 is 19.3 Å². The molecular formula is C11H11N3O5S. The molecule has 1 N–H and O–H groups in total. The number of nitro groups is 1. The molecule has 20 heavy (non-hydrogen) atoms. The lowest BCUT2D eigenvalue weighted by atomic mass is 10.1. The number of carbonyl (C=O) groups is 3. The van der Waals surface area contributed by atoms with Crippen LogP contribution in [0.25, 0.3) is 0 Å². The van der Waals surface area contributed by atoms with Gasteiger partial charge in [-0.15, -0.1) is 0 Å². The number of nitrogens with one attached hydrogen (secondary N) is 1. The van der Waals surface area contributed by atoms with Gasteiger partial charge in [0, 0.05) is 6.07 Å². The number of hydrogen-bond donors (Lipinski definition) is 1. The van der Waals surface area contributed by atoms with Crippen molar-refractivity contribution in [2.24, 2.45) is 0 Å². The second kappa shape index (κ2) is 5.37. The van der Waals surface area contributed by atoms with Gasteiger partial charge in [-0.05, 0) is 12.5 Å². The molecule has 0 radical (unpaired) electrons. The van der Waals surface area contributed by atoms with Crippen molar-refractivity contribution in [2.45, 2.75) is 19.4 Å². The Kier molecular flexibility index (Phi) is 3.79. The molecule has 3 amide bonds. The molecule has 9 heteroatoms. The lowest BCUT2D eigenvalue weighted by Crippen LogP contribution is -2.59. The van der Waals surface area contributed by atoms with E-state index >= 15 is 0 Å². The molecule has 0 aromatic carbocycles. The van der Waals surface area contributed by atoms with Gasteiger partial charge in [-0.3, -0.25) is 29.8 Å². The zero-order valence-corrected chi connectivity index (χ0v) is 11.3. The molecule has 106 valence electrons. The van der Waals surface area contributed by atoms with Gasteiger partial charge >= 0.3 is 5.00 Å². The van der Waals surface area contributed by atoms with E-state index in [0.717, 1.165) is 16.2 Å². The van der Waals surface area contributed by atoms with E-state index in [1.54, 1.807) is 6.92 Å². The lowest BCUT2D eigenvalue weighted by Gasteiger charge is -2.32. The molecule has 1 saturated heterocycles. The molecular weight excluding hydrogens is 286 g/mol. The van der Waals surface area contributed by atoms with Crippen molar-refractivity contribution in [3.8, 4) is 0 Å². The average molecular weight is 297 g/mol. The maximum absolute atomic E-state index is 12.3. The zero-order valence-electron chi connectivity index (χ0n) is 10.5. The first-order chi connectivity index (χ1) is 9.43. The molecule has 0 aliphatic carbocycles. The van der Waals surface area contributed by atoms with Crippen LogP contribution in [0.1, 0.15) is 23.0 Å². The molecule has 1 fully saturated rings. The summed E-state index contributed by atoms with van der Waals surface area (Å²) in [6, 6.07) is 1.82. The van der Waals surface area contributed by atoms with Crippen molar-refractivity contribution in [1.82, 2.24) is 10.2 Å². The summed E-state index contributed by atoms with van der Waals surface area (Å²) in [4.78, 5) is 46.6. The van der Waals surface area contributed by atoms with Crippen LogP contribution < -0.4 is 5.32 Å². The summed E-state index contributed by atoms with van der Waals surface area (Å²) < 4.78 is 0. The molecule has 8 nitrogen and oxygen atoms in total. The fraction of sp³-hybridized carbons (Fsp3) is 0.364. The largest absolute Gasteiger partial charge is 0.324 e. The van der Waals surface area contributed by atoms with Gasteiger partial charge in [-0.2, -0.15) is 0 Å². The SMILES string of the molecule is CCC1C(=O)NC(=O)CN1C(=O)c1ccc([N+](=O)[O-])s1. The summed E-state index contributed by atoms with van der Waals surface area (Å²) >= 11 is 0.724. The third-order valence-electron chi connectivity index (χ3n) is 2.89. The Morgan fingerprint density at radius 2 is 2.25 bits per heavy atom. The van der Waals surface area contributed by atoms with Crippen LogP contribution in [0.3, 0.4) is 0 Å². The maximum atomic E-state index is 12.3. The monoisotopic (exact) mass is 297 g/mol. The van der Waals surface area contributed by atoms with Crippen molar-refractivity contribution in [2.75, 3.05) is 6.54 Å². The molecule has 2 rings (SSSR count). The summed E-state index contributed by atoms with van der Waals surface area (Å²) in [6.07, 6.45) is 0.359. The third kappa shape index (κ3) is 2.52. The van der Waals surface area contributed by atoms with Crippen molar-refractivity contribution >= 4 is 34.1 Å². The molecule has 2 heterocycles. The van der Waals surface area contributed by atoms with Gasteiger partial charge in [0.25, 0.3) is 5.91 Å². The summed E-state index contributed by atoms with van der Waals surface area (Å²) in [7, 11) is 0. The van der Waals surface area contributed by atoms with Gasteiger partial charge in [0.15, 0.2) is 0 Å². The Labute approximate surface area is 117 Å². The number of rotatable bonds is 3. The van der Waals surface area contributed by atoms with Crippen molar-refractivity contribution in [1.29, 1.82) is 0 Å². The predicted octanol–water partition coefficient (Wildman–Crippen LogP) is 0.533. The summed E-state index contributed by atoms with van der Waals surface area (Å²) in [6.45, 7) is 1.49. The van der Waals surface area contributed by atoms with Crippen LogP contribution >= 0.6 is 11.3 Å². The van der Waals surface area contributed by atoms with Gasteiger partial charge < -0.3 is 4.90 Å². The van der Waals surface area contributed by atoms with Crippen LogP contribution in [0, 0.1) is 10.1 Å². The van der Waals surface area contributed by atoms with E-state index in [-0.39, 0.29) is 16.4 Å². The highest BCUT2D eigenvalue weighted by Gasteiger charge is 2.36. The summed E-state index contributed by atoms with van der Waals surface area (Å²) in [5.74, 6) is -1.62. The smallest absolute Gasteiger partial charge is 0.317 e. The average Bonchev–Trinajstić information content (AvgIpc) is 2.86. The van der Waals surface area contributed by atoms with Crippen molar-refractivity contribution in [3.63, 3.8) is 0 Å². The van der Waals surface area contributed by atoms with Gasteiger partial charge in [0.2, 0.25) is 11.8 Å². The molecule has 1 aliphatic rings. The number of piperazine rings is 1. The second-order valence-corrected chi connectivity index (χ2v) is 5.23. The molecule has 1 aliphatic heterocycles. The number of amides is 3. The Hall–Kier alpha value is -2.29. The standard InChI is InChI=1S/C11H11N3O5S/c1-2-6-10(16)12-8(15)5-13(6)11(17)7-3-4-9(20-7)14(18)19/h3-4,6H,2,5H2,1H3,(H,12,15,16). The third-order valence-corrected chi connectivity index (χ3v) is 3.91. The van der Waals surface area contributed by atoms with Crippen LogP contribution in [0.15, 0.2) is 12.1 Å². The number of thiophene rings is 1. The molecule has 0 saturated carbocycles. The first-order valence-corrected chi connectivity index (χ1v) is 6.64. The molecule has 1 unspecified atom stereocenters. The minimum Gasteiger partial charge on any atom is -0.317 e. The van der Waals surface area contributed by atoms with E-state index in [1.165, 1.54) is 12.1 Å². The van der Waals surface area contributed by atoms with E-state index in [4.69, 9.17) is 0 Å². The molecule has 1 aromatic heterocycles. The number of imide groups is 1. The van der Waals surface area contributed by atoms with Crippen LogP contribution in [-0.4, -0.2) is 40.1 Å². The van der Waals surface area contributed by atoms with Crippen LogP contribution in [0.5, 0.6) is 0 Å². The van der Waals surface area contributed by atoms with E-state index < -0.39 is 28.7 Å². The second-order valence-electron chi connectivity index (χ2n) is 4.16. The van der Waals surface area contributed by atoms with Crippen LogP contribution in [-0.2, 0) is 9.59 Å². The summed E-state index contributed by atoms with van der Waals surface area (Å²) in [5, 5.41) is 12.6. The van der Waals surface area contributed by atoms with E-state index in [9.17, 15) is 24.5 Å². The van der Waals surface area contributed by atoms with Crippen LogP contribution in [0.4, 0.5) is 5.00 Å². The fourth-order valence-corrected chi connectivity index (χ4v) is 2.74. The van der Waals surface area contributed by atoms with Gasteiger partial charge in [-0.25, -0.2) is 0 Å². The normalized spacial score (nSPS) is 18.9. The highest BCUT2D eigenvalue weighted by molar-refractivity contribution is 7.17. The topological polar surface area (TPSA) is 110 Å². The quantitative estimate of drug-likeness (QED) is 0.497. The van der Waals surface area contributed by atoms with Gasteiger partial charge in [0.05, 0.1) is 9.80 Å². The summed E-state index contributed by atoms with van der Waals surface area (Å²) in [5.41, 5.74) is 0. The first-order valence-electron chi connectivity index (χ1n) is 5.83. The Balaban J connectivity index is 2.27. The van der Waals surface area contributed by atoms with Gasteiger partial charge in [-0.1, -0.05) is 18.3 Å². The molecule has 1 aromatic rings. The fourth-order valence-electron chi connectivity index (χ4n) is 1.97. The Morgan fingerprint density at radius 3 is 2.80 bits per heavy atom. The molecule has 0 spiro atoms. The van der Waals surface area contributed by atoms with Crippen LogP contribution in [0.2, 0.25) is 0 Å². The Morgan fingerprint density at radius 1 is 1.55 bits per heavy atom. The lowest BCUT2D eigenvalue weighted by molar-refractivity contribution is -0.380. The minimum absolute atomic E-state index is 0.137. The minimum atomic E-state index is -0.735. The Bertz CT molecular complexity index is 597. The van der Waals surface area contributed by atoms with Gasteiger partial charge in [0.1, 0.15) is 12.6 Å². The van der Waals surface area contributed by atoms with Crippen molar-refractivity contribution in [3.05, 3.63) is 27.1 Å². The van der Waals surface area contributed by atoms with E-state index in [2.05, 4.69) is 5.32 Å². The van der Waals surface area contributed by atoms with E-state index in [0.29, 0.717) is 6.42 Å². The highest BCUT2D eigenvalue weighted by Crippen LogP contribution is 2.26. The van der Waals surface area contributed by atoms with E-state index in [1.807, 2.05) is 0 Å². The molecule has 0 bridgehead atoms. The first kappa shape index (κ1) is 14.1. The maximum Gasteiger partial charge on any atom is 0.324 e. The predicted molar refractivity (Wildman–Crippen MR) is 69.2 cm³/mol. The highest BCUT2D eigenvalue weighted by atomic mass is 32.1. The number of carbonyl (C=O) groups excluding carboxylic acids is 3. The zero-order chi connectivity index (χ0) is 14.9. The molecule has 1 atom stereocenters. The number of nitrogens with zero attached hydrogens (tertiary/aromatic N) is 2. The number of hydrogen-bond acceptors (Lipinski definition) is 6.